The Bertz CT molecular complexity index is 657. The number of benzene rings is 1. The molecule has 0 bridgehead atoms. The highest BCUT2D eigenvalue weighted by Crippen LogP contribution is 2.17. The molecule has 100 valence electrons. The molecule has 7 heteroatoms. The summed E-state index contributed by atoms with van der Waals surface area (Å²) in [5.41, 5.74) is 1.38. The number of sulfonamides is 1. The van der Waals surface area contributed by atoms with Crippen LogP contribution in [0.15, 0.2) is 47.5 Å². The number of pyridine rings is 1. The standard InChI is InChI=1S/C12H10BrClN2O2S/c13-7-9-1-4-11(5-2-9)19(17,18)16-10-3-6-12(14)15-8-10/h1-6,8,16H,7H2. The van der Waals surface area contributed by atoms with Gasteiger partial charge in [0.1, 0.15) is 5.15 Å². The van der Waals surface area contributed by atoms with E-state index in [-0.39, 0.29) is 4.90 Å². The van der Waals surface area contributed by atoms with Gasteiger partial charge in [-0.15, -0.1) is 0 Å². The fourth-order valence-corrected chi connectivity index (χ4v) is 2.94. The second-order valence-electron chi connectivity index (χ2n) is 3.75. The first-order chi connectivity index (χ1) is 9.01. The van der Waals surface area contributed by atoms with Gasteiger partial charge in [-0.3, -0.25) is 4.72 Å². The monoisotopic (exact) mass is 360 g/mol. The van der Waals surface area contributed by atoms with Crippen LogP contribution in [0.4, 0.5) is 5.69 Å². The first-order valence-corrected chi connectivity index (χ1v) is 8.29. The van der Waals surface area contributed by atoms with Crippen molar-refractivity contribution < 1.29 is 8.42 Å². The van der Waals surface area contributed by atoms with Crippen molar-refractivity contribution in [3.8, 4) is 0 Å². The zero-order chi connectivity index (χ0) is 13.9. The molecule has 0 unspecified atom stereocenters. The van der Waals surface area contributed by atoms with Crippen molar-refractivity contribution >= 4 is 43.2 Å². The van der Waals surface area contributed by atoms with Gasteiger partial charge in [-0.25, -0.2) is 13.4 Å². The lowest BCUT2D eigenvalue weighted by Gasteiger charge is -2.08. The predicted octanol–water partition coefficient (Wildman–Crippen LogP) is 3.43. The quantitative estimate of drug-likeness (QED) is 0.670. The van der Waals surface area contributed by atoms with Crippen molar-refractivity contribution in [1.29, 1.82) is 0 Å². The first kappa shape index (κ1) is 14.3. The average Bonchev–Trinajstić information content (AvgIpc) is 2.41. The van der Waals surface area contributed by atoms with Gasteiger partial charge >= 0.3 is 0 Å². The van der Waals surface area contributed by atoms with Crippen molar-refractivity contribution in [2.24, 2.45) is 0 Å². The number of nitrogens with zero attached hydrogens (tertiary/aromatic N) is 1. The van der Waals surface area contributed by atoms with Crippen molar-refractivity contribution in [1.82, 2.24) is 4.98 Å². The topological polar surface area (TPSA) is 59.1 Å². The summed E-state index contributed by atoms with van der Waals surface area (Å²) in [5.74, 6) is 0. The fourth-order valence-electron chi connectivity index (χ4n) is 1.41. The van der Waals surface area contributed by atoms with Gasteiger partial charge in [0, 0.05) is 5.33 Å². The lowest BCUT2D eigenvalue weighted by Crippen LogP contribution is -2.13. The van der Waals surface area contributed by atoms with Crippen LogP contribution < -0.4 is 4.72 Å². The van der Waals surface area contributed by atoms with E-state index in [1.165, 1.54) is 12.3 Å². The molecular formula is C12H10BrClN2O2S. The van der Waals surface area contributed by atoms with Crippen molar-refractivity contribution in [3.63, 3.8) is 0 Å². The Morgan fingerprint density at radius 1 is 1.16 bits per heavy atom. The predicted molar refractivity (Wildman–Crippen MR) is 79.1 cm³/mol. The molecule has 0 aliphatic carbocycles. The summed E-state index contributed by atoms with van der Waals surface area (Å²) < 4.78 is 26.6. The molecule has 1 N–H and O–H groups in total. The van der Waals surface area contributed by atoms with Crippen molar-refractivity contribution in [2.75, 3.05) is 4.72 Å². The van der Waals surface area contributed by atoms with Crippen LogP contribution in [0, 0.1) is 0 Å². The third-order valence-electron chi connectivity index (χ3n) is 2.37. The molecule has 2 rings (SSSR count). The molecule has 0 atom stereocenters. The molecule has 1 aromatic heterocycles. The van der Waals surface area contributed by atoms with Gasteiger partial charge in [-0.1, -0.05) is 39.7 Å². The van der Waals surface area contributed by atoms with E-state index in [4.69, 9.17) is 11.6 Å². The average molecular weight is 362 g/mol. The van der Waals surface area contributed by atoms with E-state index < -0.39 is 10.0 Å². The Labute approximate surface area is 125 Å². The molecule has 1 heterocycles. The fraction of sp³-hybridized carbons (Fsp3) is 0.0833. The summed E-state index contributed by atoms with van der Waals surface area (Å²) in [7, 11) is -3.60. The maximum Gasteiger partial charge on any atom is 0.261 e. The smallest absolute Gasteiger partial charge is 0.261 e. The molecule has 0 aliphatic heterocycles. The summed E-state index contributed by atoms with van der Waals surface area (Å²) in [6.45, 7) is 0. The zero-order valence-electron chi connectivity index (χ0n) is 9.68. The molecule has 1 aromatic carbocycles. The Balaban J connectivity index is 2.24. The molecule has 2 aromatic rings. The second-order valence-corrected chi connectivity index (χ2v) is 6.38. The number of rotatable bonds is 4. The number of alkyl halides is 1. The van der Waals surface area contributed by atoms with Crippen LogP contribution >= 0.6 is 27.5 Å². The molecule has 0 spiro atoms. The number of aromatic nitrogens is 1. The van der Waals surface area contributed by atoms with Crippen LogP contribution in [-0.4, -0.2) is 13.4 Å². The third-order valence-corrected chi connectivity index (χ3v) is 4.64. The van der Waals surface area contributed by atoms with E-state index in [2.05, 4.69) is 25.6 Å². The van der Waals surface area contributed by atoms with Crippen LogP contribution in [0.2, 0.25) is 5.15 Å². The third kappa shape index (κ3) is 3.68. The normalized spacial score (nSPS) is 11.3. The molecule has 4 nitrogen and oxygen atoms in total. The van der Waals surface area contributed by atoms with Crippen molar-refractivity contribution in [3.05, 3.63) is 53.3 Å². The Morgan fingerprint density at radius 3 is 2.37 bits per heavy atom. The minimum Gasteiger partial charge on any atom is -0.278 e. The van der Waals surface area contributed by atoms with Gasteiger partial charge in [-0.05, 0) is 29.8 Å². The first-order valence-electron chi connectivity index (χ1n) is 5.30. The number of nitrogens with one attached hydrogen (secondary N) is 1. The van der Waals surface area contributed by atoms with Crippen LogP contribution in [0.1, 0.15) is 5.56 Å². The SMILES string of the molecule is O=S(=O)(Nc1ccc(Cl)nc1)c1ccc(CBr)cc1. The Hall–Kier alpha value is -1.11. The van der Waals surface area contributed by atoms with E-state index in [9.17, 15) is 8.42 Å². The summed E-state index contributed by atoms with van der Waals surface area (Å²) >= 11 is 8.95. The molecule has 0 amide bonds. The Morgan fingerprint density at radius 2 is 1.84 bits per heavy atom. The van der Waals surface area contributed by atoms with E-state index >= 15 is 0 Å². The maximum atomic E-state index is 12.1. The molecule has 0 fully saturated rings. The minimum atomic E-state index is -3.60. The van der Waals surface area contributed by atoms with Crippen molar-refractivity contribution in [2.45, 2.75) is 10.2 Å². The number of hydrogen-bond donors (Lipinski definition) is 1. The maximum absolute atomic E-state index is 12.1. The van der Waals surface area contributed by atoms with E-state index in [0.717, 1.165) is 5.56 Å². The highest BCUT2D eigenvalue weighted by atomic mass is 79.9. The lowest BCUT2D eigenvalue weighted by molar-refractivity contribution is 0.601. The van der Waals surface area contributed by atoms with Gasteiger partial charge in [0.25, 0.3) is 10.0 Å². The van der Waals surface area contributed by atoms with Gasteiger partial charge < -0.3 is 0 Å². The molecule has 0 aliphatic rings. The zero-order valence-corrected chi connectivity index (χ0v) is 12.8. The Kier molecular flexibility index (Phi) is 4.44. The highest BCUT2D eigenvalue weighted by Gasteiger charge is 2.13. The number of anilines is 1. The summed E-state index contributed by atoms with van der Waals surface area (Å²) in [4.78, 5) is 4.02. The van der Waals surface area contributed by atoms with Crippen LogP contribution in [0.25, 0.3) is 0 Å². The molecule has 0 saturated heterocycles. The van der Waals surface area contributed by atoms with Gasteiger partial charge in [0.05, 0.1) is 16.8 Å². The minimum absolute atomic E-state index is 0.201. The summed E-state index contributed by atoms with van der Waals surface area (Å²) in [6, 6.07) is 9.70. The van der Waals surface area contributed by atoms with Gasteiger partial charge in [0.2, 0.25) is 0 Å². The largest absolute Gasteiger partial charge is 0.278 e. The lowest BCUT2D eigenvalue weighted by atomic mass is 10.2. The second kappa shape index (κ2) is 5.90. The summed E-state index contributed by atoms with van der Waals surface area (Å²) in [6.07, 6.45) is 1.37. The number of hydrogen-bond acceptors (Lipinski definition) is 3. The van der Waals surface area contributed by atoms with E-state index in [1.54, 1.807) is 30.3 Å². The van der Waals surface area contributed by atoms with Crippen LogP contribution in [0.3, 0.4) is 0 Å². The van der Waals surface area contributed by atoms with E-state index in [1.807, 2.05) is 0 Å². The van der Waals surface area contributed by atoms with Crippen LogP contribution in [-0.2, 0) is 15.4 Å². The highest BCUT2D eigenvalue weighted by molar-refractivity contribution is 9.08. The molecular weight excluding hydrogens is 352 g/mol. The van der Waals surface area contributed by atoms with Gasteiger partial charge in [0.15, 0.2) is 0 Å². The summed E-state index contributed by atoms with van der Waals surface area (Å²) in [5, 5.41) is 0.992. The number of halogens is 2. The molecule has 19 heavy (non-hydrogen) atoms. The molecule has 0 radical (unpaired) electrons. The van der Waals surface area contributed by atoms with Crippen LogP contribution in [0.5, 0.6) is 0 Å². The van der Waals surface area contributed by atoms with E-state index in [0.29, 0.717) is 16.2 Å². The van der Waals surface area contributed by atoms with Gasteiger partial charge in [-0.2, -0.15) is 0 Å². The molecule has 0 saturated carbocycles.